The summed E-state index contributed by atoms with van der Waals surface area (Å²) in [6, 6.07) is 13.5. The van der Waals surface area contributed by atoms with Gasteiger partial charge in [0, 0.05) is 9.92 Å². The molecule has 2 aromatic rings. The molecule has 114 valence electrons. The maximum atomic E-state index is 12.0. The van der Waals surface area contributed by atoms with Crippen molar-refractivity contribution < 1.29 is 4.79 Å². The molecule has 0 atom stereocenters. The summed E-state index contributed by atoms with van der Waals surface area (Å²) in [6.07, 6.45) is 3.86. The number of nitrogens with zero attached hydrogens (tertiary/aromatic N) is 1. The number of thioether (sulfide) groups is 1. The number of rotatable bonds is 5. The number of nitrogens with one attached hydrogen (secondary N) is 1. The van der Waals surface area contributed by atoms with E-state index in [0.717, 1.165) is 21.6 Å². The smallest absolute Gasteiger partial charge is 0.244 e. The van der Waals surface area contributed by atoms with Crippen molar-refractivity contribution in [3.05, 3.63) is 64.2 Å². The summed E-state index contributed by atoms with van der Waals surface area (Å²) in [7, 11) is 0. The number of benzene rings is 2. The van der Waals surface area contributed by atoms with Crippen molar-refractivity contribution in [3.63, 3.8) is 0 Å². The second kappa shape index (κ2) is 8.01. The van der Waals surface area contributed by atoms with E-state index < -0.39 is 0 Å². The highest BCUT2D eigenvalue weighted by Crippen LogP contribution is 2.24. The van der Waals surface area contributed by atoms with Crippen molar-refractivity contribution in [2.75, 3.05) is 6.26 Å². The summed E-state index contributed by atoms with van der Waals surface area (Å²) in [4.78, 5) is 13.0. The molecule has 0 aliphatic carbocycles. The van der Waals surface area contributed by atoms with Crippen LogP contribution in [0.5, 0.6) is 0 Å². The third-order valence-corrected chi connectivity index (χ3v) is 4.11. The van der Waals surface area contributed by atoms with E-state index in [0.29, 0.717) is 5.02 Å². The number of carbonyl (C=O) groups excluding carboxylic acids is 1. The van der Waals surface area contributed by atoms with E-state index in [2.05, 4.69) is 10.5 Å². The Morgan fingerprint density at radius 3 is 2.86 bits per heavy atom. The van der Waals surface area contributed by atoms with Gasteiger partial charge in [-0.3, -0.25) is 4.79 Å². The molecule has 0 bridgehead atoms. The van der Waals surface area contributed by atoms with Crippen LogP contribution in [0.3, 0.4) is 0 Å². The molecule has 0 aliphatic heterocycles. The lowest BCUT2D eigenvalue weighted by atomic mass is 10.1. The van der Waals surface area contributed by atoms with Crippen molar-refractivity contribution in [2.24, 2.45) is 5.10 Å². The zero-order valence-corrected chi connectivity index (χ0v) is 14.0. The van der Waals surface area contributed by atoms with Crippen molar-refractivity contribution >= 4 is 35.5 Å². The number of amides is 1. The Labute approximate surface area is 139 Å². The molecule has 3 nitrogen and oxygen atoms in total. The van der Waals surface area contributed by atoms with Gasteiger partial charge in [0.15, 0.2) is 0 Å². The summed E-state index contributed by atoms with van der Waals surface area (Å²) in [5.74, 6) is -0.165. The first-order valence-electron chi connectivity index (χ1n) is 6.79. The van der Waals surface area contributed by atoms with Crippen LogP contribution in [-0.4, -0.2) is 18.4 Å². The predicted octanol–water partition coefficient (Wildman–Crippen LogP) is 4.06. The van der Waals surface area contributed by atoms with E-state index in [1.165, 1.54) is 0 Å². The van der Waals surface area contributed by atoms with Crippen LogP contribution < -0.4 is 5.43 Å². The molecule has 0 radical (unpaired) electrons. The minimum Gasteiger partial charge on any atom is -0.273 e. The Morgan fingerprint density at radius 2 is 2.14 bits per heavy atom. The maximum Gasteiger partial charge on any atom is 0.244 e. The van der Waals surface area contributed by atoms with Gasteiger partial charge in [-0.15, -0.1) is 11.8 Å². The molecule has 5 heteroatoms. The van der Waals surface area contributed by atoms with Crippen LogP contribution in [-0.2, 0) is 11.2 Å². The van der Waals surface area contributed by atoms with Crippen LogP contribution in [0.15, 0.2) is 52.5 Å². The molecule has 0 heterocycles. The van der Waals surface area contributed by atoms with Crippen LogP contribution in [0, 0.1) is 6.92 Å². The Hall–Kier alpha value is -1.78. The van der Waals surface area contributed by atoms with Crippen molar-refractivity contribution in [1.29, 1.82) is 0 Å². The lowest BCUT2D eigenvalue weighted by Crippen LogP contribution is -2.20. The molecule has 0 saturated carbocycles. The first-order valence-corrected chi connectivity index (χ1v) is 8.40. The van der Waals surface area contributed by atoms with Crippen LogP contribution in [0.2, 0.25) is 5.02 Å². The zero-order chi connectivity index (χ0) is 15.9. The normalized spacial score (nSPS) is 10.9. The van der Waals surface area contributed by atoms with Gasteiger partial charge in [-0.2, -0.15) is 5.10 Å². The molecule has 1 amide bonds. The van der Waals surface area contributed by atoms with Crippen molar-refractivity contribution in [2.45, 2.75) is 18.2 Å². The van der Waals surface area contributed by atoms with Crippen LogP contribution in [0.25, 0.3) is 0 Å². The summed E-state index contributed by atoms with van der Waals surface area (Å²) < 4.78 is 0. The van der Waals surface area contributed by atoms with Crippen molar-refractivity contribution in [3.8, 4) is 0 Å². The fourth-order valence-electron chi connectivity index (χ4n) is 2.03. The minimum atomic E-state index is -0.165. The second-order valence-electron chi connectivity index (χ2n) is 4.84. The summed E-state index contributed by atoms with van der Waals surface area (Å²) >= 11 is 7.58. The highest BCUT2D eigenvalue weighted by atomic mass is 35.5. The van der Waals surface area contributed by atoms with Crippen molar-refractivity contribution in [1.82, 2.24) is 5.43 Å². The molecule has 0 unspecified atom stereocenters. The highest BCUT2D eigenvalue weighted by Gasteiger charge is 2.08. The van der Waals surface area contributed by atoms with Crippen LogP contribution >= 0.6 is 23.4 Å². The molecule has 2 aromatic carbocycles. The van der Waals surface area contributed by atoms with Gasteiger partial charge >= 0.3 is 0 Å². The van der Waals surface area contributed by atoms with E-state index >= 15 is 0 Å². The summed E-state index contributed by atoms with van der Waals surface area (Å²) in [5.41, 5.74) is 5.56. The van der Waals surface area contributed by atoms with E-state index in [9.17, 15) is 4.79 Å². The van der Waals surface area contributed by atoms with Gasteiger partial charge in [-0.1, -0.05) is 41.4 Å². The minimum absolute atomic E-state index is 0.165. The number of hydrazone groups is 1. The molecule has 0 saturated heterocycles. The monoisotopic (exact) mass is 332 g/mol. The van der Waals surface area contributed by atoms with Crippen LogP contribution in [0.1, 0.15) is 16.7 Å². The van der Waals surface area contributed by atoms with Gasteiger partial charge in [0.2, 0.25) is 5.91 Å². The van der Waals surface area contributed by atoms with E-state index in [1.807, 2.05) is 55.6 Å². The molecule has 0 fully saturated rings. The molecule has 0 aromatic heterocycles. The standard InChI is InChI=1S/C17H17ClN2OS/c1-12-4-3-5-13(8-12)11-19-20-17(21)10-14-9-15(18)6-7-16(14)22-2/h3-9,11H,10H2,1-2H3,(H,20,21)/b19-11-. The number of aryl methyl sites for hydroxylation is 1. The Kier molecular flexibility index (Phi) is 6.04. The van der Waals surface area contributed by atoms with Gasteiger partial charge < -0.3 is 0 Å². The number of carbonyl (C=O) groups is 1. The summed E-state index contributed by atoms with van der Waals surface area (Å²) in [5, 5.41) is 4.62. The number of hydrogen-bond acceptors (Lipinski definition) is 3. The second-order valence-corrected chi connectivity index (χ2v) is 6.12. The van der Waals surface area contributed by atoms with E-state index in [1.54, 1.807) is 18.0 Å². The largest absolute Gasteiger partial charge is 0.273 e. The molecule has 1 N–H and O–H groups in total. The lowest BCUT2D eigenvalue weighted by molar-refractivity contribution is -0.120. The average molecular weight is 333 g/mol. The Bertz CT molecular complexity index is 701. The summed E-state index contributed by atoms with van der Waals surface area (Å²) in [6.45, 7) is 2.01. The SMILES string of the molecule is CSc1ccc(Cl)cc1CC(=O)N/N=C\c1cccc(C)c1. The predicted molar refractivity (Wildman–Crippen MR) is 93.9 cm³/mol. The lowest BCUT2D eigenvalue weighted by Gasteiger charge is -2.07. The third-order valence-electron chi connectivity index (χ3n) is 3.04. The molecule has 0 spiro atoms. The quantitative estimate of drug-likeness (QED) is 0.509. The maximum absolute atomic E-state index is 12.0. The molecule has 0 aliphatic rings. The topological polar surface area (TPSA) is 41.5 Å². The van der Waals surface area contributed by atoms with Gasteiger partial charge in [-0.05, 0) is 42.5 Å². The Balaban J connectivity index is 1.97. The molecule has 22 heavy (non-hydrogen) atoms. The molecular formula is C17H17ClN2OS. The Morgan fingerprint density at radius 1 is 1.32 bits per heavy atom. The fraction of sp³-hybridized carbons (Fsp3) is 0.176. The molecular weight excluding hydrogens is 316 g/mol. The van der Waals surface area contributed by atoms with Gasteiger partial charge in [0.05, 0.1) is 12.6 Å². The fourth-order valence-corrected chi connectivity index (χ4v) is 2.82. The number of halogens is 1. The third kappa shape index (κ3) is 4.90. The average Bonchev–Trinajstić information content (AvgIpc) is 2.47. The highest BCUT2D eigenvalue weighted by molar-refractivity contribution is 7.98. The van der Waals surface area contributed by atoms with Crippen LogP contribution in [0.4, 0.5) is 0 Å². The first-order chi connectivity index (χ1) is 10.6. The van der Waals surface area contributed by atoms with E-state index in [-0.39, 0.29) is 12.3 Å². The molecule has 2 rings (SSSR count). The van der Waals surface area contributed by atoms with E-state index in [4.69, 9.17) is 11.6 Å². The number of hydrogen-bond donors (Lipinski definition) is 1. The van der Waals surface area contributed by atoms with Gasteiger partial charge in [-0.25, -0.2) is 5.43 Å². The van der Waals surface area contributed by atoms with Gasteiger partial charge in [0.25, 0.3) is 0 Å². The zero-order valence-electron chi connectivity index (χ0n) is 12.5. The van der Waals surface area contributed by atoms with Gasteiger partial charge in [0.1, 0.15) is 0 Å². The first kappa shape index (κ1) is 16.6.